The molecule has 0 spiro atoms. The zero-order valence-electron chi connectivity index (χ0n) is 20.5. The normalized spacial score (nSPS) is 19.4. The van der Waals surface area contributed by atoms with E-state index in [0.29, 0.717) is 18.4 Å². The van der Waals surface area contributed by atoms with Gasteiger partial charge in [-0.15, -0.1) is 0 Å². The molecule has 0 unspecified atom stereocenters. The zero-order valence-corrected chi connectivity index (χ0v) is 20.5. The van der Waals surface area contributed by atoms with Crippen molar-refractivity contribution in [2.45, 2.75) is 38.1 Å². The van der Waals surface area contributed by atoms with Crippen molar-refractivity contribution in [1.82, 2.24) is 0 Å². The van der Waals surface area contributed by atoms with Crippen LogP contribution in [-0.2, 0) is 9.59 Å². The zero-order chi connectivity index (χ0) is 24.5. The predicted molar refractivity (Wildman–Crippen MR) is 142 cm³/mol. The number of carbonyl (C=O) groups excluding carboxylic acids is 2. The van der Waals surface area contributed by atoms with E-state index >= 15 is 0 Å². The lowest BCUT2D eigenvalue weighted by atomic mass is 9.78. The van der Waals surface area contributed by atoms with Crippen LogP contribution in [0.5, 0.6) is 0 Å². The molecule has 1 aliphatic carbocycles. The van der Waals surface area contributed by atoms with Crippen molar-refractivity contribution in [2.24, 2.45) is 0 Å². The minimum atomic E-state index is -0.478. The van der Waals surface area contributed by atoms with Gasteiger partial charge in [-0.25, -0.2) is 0 Å². The van der Waals surface area contributed by atoms with E-state index in [-0.39, 0.29) is 17.6 Å². The summed E-state index contributed by atoms with van der Waals surface area (Å²) in [7, 11) is 4.01. The maximum Gasteiger partial charge on any atom is 0.227 e. The number of nitrogens with zero attached hydrogens (tertiary/aromatic N) is 2. The van der Waals surface area contributed by atoms with Gasteiger partial charge in [-0.1, -0.05) is 61.5 Å². The van der Waals surface area contributed by atoms with Gasteiger partial charge in [-0.05, 0) is 47.7 Å². The molecular weight excluding hydrogens is 434 g/mol. The second kappa shape index (κ2) is 9.41. The van der Waals surface area contributed by atoms with Crippen LogP contribution in [0, 0.1) is 0 Å². The number of hydrogen-bond acceptors (Lipinski definition) is 4. The van der Waals surface area contributed by atoms with Crippen LogP contribution < -0.4 is 15.1 Å². The van der Waals surface area contributed by atoms with E-state index in [0.717, 1.165) is 34.7 Å². The molecule has 0 bridgehead atoms. The summed E-state index contributed by atoms with van der Waals surface area (Å²) in [5.41, 5.74) is 6.45. The lowest BCUT2D eigenvalue weighted by Crippen LogP contribution is -2.38. The first kappa shape index (κ1) is 22.9. The minimum absolute atomic E-state index is 0.00679. The Hall–Kier alpha value is -3.86. The second-order valence-corrected chi connectivity index (χ2v) is 9.48. The van der Waals surface area contributed by atoms with Gasteiger partial charge in [-0.2, -0.15) is 0 Å². The molecule has 1 N–H and O–H groups in total. The van der Waals surface area contributed by atoms with Gasteiger partial charge < -0.3 is 10.2 Å². The highest BCUT2D eigenvalue weighted by Gasteiger charge is 2.41. The van der Waals surface area contributed by atoms with Gasteiger partial charge in [0.05, 0.1) is 17.4 Å². The fourth-order valence-corrected chi connectivity index (χ4v) is 5.27. The third kappa shape index (κ3) is 4.23. The molecule has 178 valence electrons. The summed E-state index contributed by atoms with van der Waals surface area (Å²) in [5, 5.41) is 3.59. The number of benzene rings is 3. The van der Waals surface area contributed by atoms with Gasteiger partial charge in [0, 0.05) is 43.9 Å². The van der Waals surface area contributed by atoms with Gasteiger partial charge in [0.15, 0.2) is 5.78 Å². The molecule has 0 radical (unpaired) electrons. The van der Waals surface area contributed by atoms with Crippen molar-refractivity contribution >= 4 is 28.8 Å². The van der Waals surface area contributed by atoms with E-state index in [1.165, 1.54) is 5.56 Å². The first-order chi connectivity index (χ1) is 17.0. The number of Topliss-reactive ketones (excluding diaryl/α,β-unsaturated/α-hetero) is 1. The summed E-state index contributed by atoms with van der Waals surface area (Å²) in [6, 6.07) is 25.8. The Labute approximate surface area is 207 Å². The van der Waals surface area contributed by atoms with Crippen molar-refractivity contribution in [2.75, 3.05) is 29.2 Å². The Balaban J connectivity index is 1.70. The number of carbonyl (C=O) groups is 2. The van der Waals surface area contributed by atoms with Crippen LogP contribution in [0.1, 0.15) is 49.3 Å². The maximum absolute atomic E-state index is 13.9. The molecule has 3 aromatic rings. The molecule has 2 atom stereocenters. The lowest BCUT2D eigenvalue weighted by Gasteiger charge is -2.35. The molecular formula is C30H31N3O2. The highest BCUT2D eigenvalue weighted by atomic mass is 16.2. The number of fused-ring (bicyclic) bond motifs is 1. The summed E-state index contributed by atoms with van der Waals surface area (Å²) < 4.78 is 0. The monoisotopic (exact) mass is 465 g/mol. The smallest absolute Gasteiger partial charge is 0.227 e. The average Bonchev–Trinajstić information content (AvgIpc) is 3.03. The highest BCUT2D eigenvalue weighted by molar-refractivity contribution is 6.06. The summed E-state index contributed by atoms with van der Waals surface area (Å²) in [4.78, 5) is 31.2. The summed E-state index contributed by atoms with van der Waals surface area (Å²) in [6.45, 7) is 1.87. The fourth-order valence-electron chi connectivity index (χ4n) is 5.27. The van der Waals surface area contributed by atoms with Crippen LogP contribution in [-0.4, -0.2) is 25.8 Å². The van der Waals surface area contributed by atoms with Crippen LogP contribution in [0.2, 0.25) is 0 Å². The molecule has 0 saturated carbocycles. The molecule has 0 fully saturated rings. The first-order valence-corrected chi connectivity index (χ1v) is 12.2. The van der Waals surface area contributed by atoms with E-state index in [4.69, 9.17) is 0 Å². The molecule has 0 saturated heterocycles. The van der Waals surface area contributed by atoms with Crippen LogP contribution in [0.3, 0.4) is 0 Å². The molecule has 5 heteroatoms. The average molecular weight is 466 g/mol. The number of amides is 1. The van der Waals surface area contributed by atoms with E-state index in [1.807, 2.05) is 85.4 Å². The third-order valence-corrected chi connectivity index (χ3v) is 7.06. The largest absolute Gasteiger partial charge is 0.378 e. The number of allylic oxidation sites excluding steroid dienone is 1. The Morgan fingerprint density at radius 1 is 0.914 bits per heavy atom. The van der Waals surface area contributed by atoms with E-state index < -0.39 is 6.04 Å². The molecule has 2 aliphatic rings. The van der Waals surface area contributed by atoms with Gasteiger partial charge in [0.1, 0.15) is 0 Å². The fraction of sp³-hybridized carbons (Fsp3) is 0.267. The van der Waals surface area contributed by atoms with E-state index in [1.54, 1.807) is 0 Å². The predicted octanol–water partition coefficient (Wildman–Crippen LogP) is 6.06. The van der Waals surface area contributed by atoms with Crippen LogP contribution in [0.25, 0.3) is 0 Å². The maximum atomic E-state index is 13.9. The Bertz CT molecular complexity index is 1280. The second-order valence-electron chi connectivity index (χ2n) is 9.48. The van der Waals surface area contributed by atoms with Crippen LogP contribution in [0.15, 0.2) is 90.1 Å². The summed E-state index contributed by atoms with van der Waals surface area (Å²) >= 11 is 0. The molecule has 0 aromatic heterocycles. The third-order valence-electron chi connectivity index (χ3n) is 7.06. The van der Waals surface area contributed by atoms with Gasteiger partial charge >= 0.3 is 0 Å². The molecule has 5 nitrogen and oxygen atoms in total. The molecule has 5 rings (SSSR count). The number of rotatable bonds is 4. The molecule has 1 amide bonds. The number of nitrogens with one attached hydrogen (secondary N) is 1. The van der Waals surface area contributed by atoms with Gasteiger partial charge in [0.25, 0.3) is 0 Å². The van der Waals surface area contributed by atoms with Crippen molar-refractivity contribution in [3.05, 3.63) is 101 Å². The summed E-state index contributed by atoms with van der Waals surface area (Å²) in [5.74, 6) is 0.191. The van der Waals surface area contributed by atoms with Gasteiger partial charge in [0.2, 0.25) is 5.91 Å². The van der Waals surface area contributed by atoms with Crippen molar-refractivity contribution in [3.63, 3.8) is 0 Å². The summed E-state index contributed by atoms with van der Waals surface area (Å²) in [6.07, 6.45) is 1.51. The topological polar surface area (TPSA) is 52.7 Å². The SMILES string of the molecule is CCC(=O)N1c2ccccc2NC2=C(C(=O)C[C@@H](c3ccccc3)C2)[C@H]1c1ccc(N(C)C)cc1. The van der Waals surface area contributed by atoms with E-state index in [2.05, 4.69) is 29.6 Å². The quantitative estimate of drug-likeness (QED) is 0.509. The number of ketones is 1. The lowest BCUT2D eigenvalue weighted by molar-refractivity contribution is -0.119. The highest BCUT2D eigenvalue weighted by Crippen LogP contribution is 2.47. The molecule has 1 heterocycles. The molecule has 3 aromatic carbocycles. The number of hydrogen-bond donors (Lipinski definition) is 1. The van der Waals surface area contributed by atoms with Crippen molar-refractivity contribution in [1.29, 1.82) is 0 Å². The molecule has 35 heavy (non-hydrogen) atoms. The number of para-hydroxylation sites is 2. The standard InChI is InChI=1S/C30H31N3O2/c1-4-28(35)33-26-13-9-8-12-24(26)31-25-18-22(20-10-6-5-7-11-20)19-27(34)29(25)30(33)21-14-16-23(17-15-21)32(2)3/h5-17,22,30-31H,4,18-19H2,1-3H3/t22-,30+/m0/s1. The molecule has 1 aliphatic heterocycles. The van der Waals surface area contributed by atoms with Crippen molar-refractivity contribution in [3.8, 4) is 0 Å². The van der Waals surface area contributed by atoms with Crippen molar-refractivity contribution < 1.29 is 9.59 Å². The van der Waals surface area contributed by atoms with E-state index in [9.17, 15) is 9.59 Å². The first-order valence-electron chi connectivity index (χ1n) is 12.2. The minimum Gasteiger partial charge on any atom is -0.378 e. The Morgan fingerprint density at radius 2 is 1.60 bits per heavy atom. The Kier molecular flexibility index (Phi) is 6.16. The Morgan fingerprint density at radius 3 is 2.29 bits per heavy atom. The van der Waals surface area contributed by atoms with Gasteiger partial charge in [-0.3, -0.25) is 14.5 Å². The number of anilines is 3. The van der Waals surface area contributed by atoms with Crippen LogP contribution in [0.4, 0.5) is 17.1 Å². The van der Waals surface area contributed by atoms with Crippen LogP contribution >= 0.6 is 0 Å².